The summed E-state index contributed by atoms with van der Waals surface area (Å²) in [7, 11) is -5.24. The Morgan fingerprint density at radius 1 is 1.36 bits per heavy atom. The molecule has 0 bridgehead atoms. The SMILES string of the molecule is O=C1CC(O)(S(=O)(=O)[O-])C(=O)[N-]1.[Na+].[Na+]. The molecule has 68 valence electrons. The topological polar surface area (TPSA) is 126 Å². The third-order valence-electron chi connectivity index (χ3n) is 1.36. The van der Waals surface area contributed by atoms with Gasteiger partial charge in [0.15, 0.2) is 0 Å². The van der Waals surface area contributed by atoms with Crippen LogP contribution in [0.5, 0.6) is 0 Å². The third kappa shape index (κ3) is 3.00. The van der Waals surface area contributed by atoms with Crippen molar-refractivity contribution in [1.82, 2.24) is 0 Å². The van der Waals surface area contributed by atoms with Crippen molar-refractivity contribution in [3.8, 4) is 0 Å². The van der Waals surface area contributed by atoms with Gasteiger partial charge in [0, 0.05) is 6.42 Å². The van der Waals surface area contributed by atoms with Gasteiger partial charge in [-0.25, -0.2) is 8.42 Å². The predicted molar refractivity (Wildman–Crippen MR) is 32.6 cm³/mol. The van der Waals surface area contributed by atoms with Crippen LogP contribution in [0.3, 0.4) is 0 Å². The fourth-order valence-corrected chi connectivity index (χ4v) is 1.28. The van der Waals surface area contributed by atoms with Crippen molar-refractivity contribution in [2.75, 3.05) is 0 Å². The van der Waals surface area contributed by atoms with E-state index in [9.17, 15) is 22.6 Å². The van der Waals surface area contributed by atoms with Gasteiger partial charge in [-0.1, -0.05) is 0 Å². The van der Waals surface area contributed by atoms with Crippen LogP contribution >= 0.6 is 0 Å². The van der Waals surface area contributed by atoms with Crippen molar-refractivity contribution in [1.29, 1.82) is 0 Å². The molecule has 1 fully saturated rings. The molecule has 1 unspecified atom stereocenters. The molecule has 1 N–H and O–H groups in total. The van der Waals surface area contributed by atoms with E-state index in [1.165, 1.54) is 0 Å². The number of aliphatic hydroxyl groups is 1. The van der Waals surface area contributed by atoms with Crippen molar-refractivity contribution >= 4 is 21.9 Å². The van der Waals surface area contributed by atoms with Crippen molar-refractivity contribution < 1.29 is 86.8 Å². The van der Waals surface area contributed by atoms with Crippen LogP contribution in [0.1, 0.15) is 6.42 Å². The average molecular weight is 239 g/mol. The third-order valence-corrected chi connectivity index (χ3v) is 2.51. The Kier molecular flexibility index (Phi) is 6.68. The molecule has 0 aromatic carbocycles. The molecule has 7 nitrogen and oxygen atoms in total. The number of nitrogens with zero attached hydrogens (tertiary/aromatic N) is 1. The van der Waals surface area contributed by atoms with E-state index in [1.54, 1.807) is 0 Å². The van der Waals surface area contributed by atoms with Crippen LogP contribution in [0.2, 0.25) is 0 Å². The fraction of sp³-hybridized carbons (Fsp3) is 0.500. The van der Waals surface area contributed by atoms with Crippen LogP contribution in [0, 0.1) is 0 Å². The maximum Gasteiger partial charge on any atom is 1.00 e. The van der Waals surface area contributed by atoms with Gasteiger partial charge in [0.2, 0.25) is 4.93 Å². The van der Waals surface area contributed by atoms with Crippen molar-refractivity contribution in [3.63, 3.8) is 0 Å². The second-order valence-corrected chi connectivity index (χ2v) is 3.81. The van der Waals surface area contributed by atoms with E-state index >= 15 is 0 Å². The number of carbonyl (C=O) groups is 2. The predicted octanol–water partition coefficient (Wildman–Crippen LogP) is -7.94. The van der Waals surface area contributed by atoms with Crippen LogP contribution in [-0.4, -0.2) is 34.8 Å². The number of rotatable bonds is 1. The monoisotopic (exact) mass is 239 g/mol. The summed E-state index contributed by atoms with van der Waals surface area (Å²) < 4.78 is 30.8. The number of imide groups is 1. The van der Waals surface area contributed by atoms with Crippen LogP contribution in [-0.2, 0) is 19.7 Å². The summed E-state index contributed by atoms with van der Waals surface area (Å²) in [6, 6.07) is 0. The molecule has 1 heterocycles. The Hall–Kier alpha value is 1.01. The van der Waals surface area contributed by atoms with Gasteiger partial charge in [0.05, 0.1) is 5.91 Å². The molecule has 2 amide bonds. The van der Waals surface area contributed by atoms with Gasteiger partial charge in [0.1, 0.15) is 16.0 Å². The summed E-state index contributed by atoms with van der Waals surface area (Å²) in [5, 5.41) is 11.5. The van der Waals surface area contributed by atoms with Crippen molar-refractivity contribution in [2.45, 2.75) is 11.4 Å². The van der Waals surface area contributed by atoms with Gasteiger partial charge < -0.3 is 24.6 Å². The maximum atomic E-state index is 10.5. The maximum absolute atomic E-state index is 10.5. The molecule has 0 spiro atoms. The van der Waals surface area contributed by atoms with Crippen LogP contribution in [0.25, 0.3) is 5.32 Å². The number of hydrogen-bond acceptors (Lipinski definition) is 6. The van der Waals surface area contributed by atoms with Crippen molar-refractivity contribution in [3.05, 3.63) is 5.32 Å². The molecular weight excluding hydrogens is 236 g/mol. The minimum absolute atomic E-state index is 0. The van der Waals surface area contributed by atoms with Gasteiger partial charge in [-0.05, 0) is 0 Å². The molecule has 1 rings (SSSR count). The van der Waals surface area contributed by atoms with E-state index in [2.05, 4.69) is 5.32 Å². The first-order chi connectivity index (χ1) is 5.27. The molecule has 1 saturated heterocycles. The quantitative estimate of drug-likeness (QED) is 0.275. The number of amides is 2. The molecule has 0 aliphatic carbocycles. The van der Waals surface area contributed by atoms with Gasteiger partial charge >= 0.3 is 59.1 Å². The zero-order valence-corrected chi connectivity index (χ0v) is 12.4. The van der Waals surface area contributed by atoms with E-state index in [-0.39, 0.29) is 59.1 Å². The summed E-state index contributed by atoms with van der Waals surface area (Å²) >= 11 is 0. The summed E-state index contributed by atoms with van der Waals surface area (Å²) in [6.07, 6.45) is -1.09. The molecule has 1 atom stereocenters. The van der Waals surface area contributed by atoms with Crippen LogP contribution in [0.4, 0.5) is 0 Å². The first-order valence-corrected chi connectivity index (χ1v) is 4.15. The standard InChI is InChI=1S/C4H5NO6S.2Na/c6-2-1-4(8,3(7)5-2)12(9,10)11;;/h8H,1H2,(H2,5,6,7,9,10,11);;/q;2*+1/p-2. The van der Waals surface area contributed by atoms with Crippen LogP contribution < -0.4 is 59.1 Å². The van der Waals surface area contributed by atoms with E-state index in [4.69, 9.17) is 5.11 Å². The van der Waals surface area contributed by atoms with Gasteiger partial charge in [0.25, 0.3) is 0 Å². The van der Waals surface area contributed by atoms with E-state index in [1.807, 2.05) is 0 Å². The Balaban J connectivity index is 0. The number of carbonyl (C=O) groups excluding carboxylic acids is 2. The molecule has 0 aromatic rings. The van der Waals surface area contributed by atoms with Gasteiger partial charge in [-0.3, -0.25) is 0 Å². The van der Waals surface area contributed by atoms with E-state index in [0.717, 1.165) is 0 Å². The van der Waals surface area contributed by atoms with Crippen molar-refractivity contribution in [2.24, 2.45) is 0 Å². The molecule has 10 heteroatoms. The van der Waals surface area contributed by atoms with E-state index in [0.29, 0.717) is 0 Å². The molecule has 1 aliphatic heterocycles. The summed E-state index contributed by atoms with van der Waals surface area (Å²) in [6.45, 7) is 0. The first-order valence-electron chi connectivity index (χ1n) is 2.74. The van der Waals surface area contributed by atoms with Gasteiger partial charge in [-0.15, -0.1) is 0 Å². The molecule has 0 saturated carbocycles. The molecule has 1 aliphatic rings. The Morgan fingerprint density at radius 2 is 1.79 bits per heavy atom. The van der Waals surface area contributed by atoms with E-state index < -0.39 is 33.3 Å². The average Bonchev–Trinajstić information content (AvgIpc) is 2.06. The summed E-state index contributed by atoms with van der Waals surface area (Å²) in [5.41, 5.74) is 0. The van der Waals surface area contributed by atoms with Crippen LogP contribution in [0.15, 0.2) is 0 Å². The molecular formula is C4H3NNa2O6S. The molecule has 0 aromatic heterocycles. The molecule has 0 radical (unpaired) electrons. The zero-order chi connectivity index (χ0) is 9.57. The Morgan fingerprint density at radius 3 is 1.93 bits per heavy atom. The largest absolute Gasteiger partial charge is 1.00 e. The normalized spacial score (nSPS) is 26.1. The summed E-state index contributed by atoms with van der Waals surface area (Å²) in [4.78, 5) is 17.7. The second-order valence-electron chi connectivity index (χ2n) is 2.23. The smallest absolute Gasteiger partial charge is 0.745 e. The fourth-order valence-electron chi connectivity index (χ4n) is 0.716. The second kappa shape index (κ2) is 5.37. The summed E-state index contributed by atoms with van der Waals surface area (Å²) in [5.74, 6) is -2.72. The molecule has 14 heavy (non-hydrogen) atoms. The minimum atomic E-state index is -5.24. The Bertz CT molecular complexity index is 353. The van der Waals surface area contributed by atoms with Gasteiger partial charge in [-0.2, -0.15) is 0 Å². The Labute approximate surface area is 124 Å². The first kappa shape index (κ1) is 17.4. The number of hydrogen-bond donors (Lipinski definition) is 1. The minimum Gasteiger partial charge on any atom is -0.745 e. The zero-order valence-electron chi connectivity index (χ0n) is 7.55.